The molecule has 0 N–H and O–H groups in total. The molecule has 0 saturated carbocycles. The van der Waals surface area contributed by atoms with Crippen LogP contribution >= 0.6 is 0 Å². The Balaban J connectivity index is 1.29. The average Bonchev–Trinajstić information content (AvgIpc) is 3.05. The zero-order chi connectivity index (χ0) is 27.3. The van der Waals surface area contributed by atoms with Crippen molar-refractivity contribution < 1.29 is 0 Å². The molecule has 5 aromatic carbocycles. The molecule has 0 radical (unpaired) electrons. The standard InChI is InChI=1S/C39H26N2/c1-25-32-20-18-27-11-5-6-15-33(27)37(32)35(26-9-3-2-4-10-26)24-34(25)30-12-7-13-31(23-30)36-21-19-29-17-16-28-14-8-22-40-38(28)39(29)41-36/h2-24,34H,1H2. The van der Waals surface area contributed by atoms with Gasteiger partial charge in [0.1, 0.15) is 0 Å². The molecule has 2 aromatic heterocycles. The number of benzene rings is 5. The zero-order valence-corrected chi connectivity index (χ0v) is 22.5. The van der Waals surface area contributed by atoms with Crippen molar-refractivity contribution >= 4 is 43.7 Å². The molecule has 2 nitrogen and oxygen atoms in total. The van der Waals surface area contributed by atoms with Gasteiger partial charge in [0.25, 0.3) is 0 Å². The van der Waals surface area contributed by atoms with Crippen molar-refractivity contribution in [2.75, 3.05) is 0 Å². The van der Waals surface area contributed by atoms with Crippen LogP contribution in [0, 0.1) is 0 Å². The fourth-order valence-corrected chi connectivity index (χ4v) is 6.28. The van der Waals surface area contributed by atoms with Crippen LogP contribution in [0.4, 0.5) is 0 Å². The molecule has 1 unspecified atom stereocenters. The minimum absolute atomic E-state index is 0.0433. The van der Waals surface area contributed by atoms with E-state index in [0.717, 1.165) is 38.6 Å². The maximum Gasteiger partial charge on any atom is 0.0972 e. The Labute approximate surface area is 239 Å². The van der Waals surface area contributed by atoms with Crippen LogP contribution in [0.1, 0.15) is 28.2 Å². The van der Waals surface area contributed by atoms with Gasteiger partial charge in [0, 0.05) is 28.5 Å². The van der Waals surface area contributed by atoms with E-state index in [0.29, 0.717) is 0 Å². The van der Waals surface area contributed by atoms with Gasteiger partial charge in [0.15, 0.2) is 0 Å². The van der Waals surface area contributed by atoms with Gasteiger partial charge in [-0.2, -0.15) is 0 Å². The van der Waals surface area contributed by atoms with E-state index in [-0.39, 0.29) is 5.92 Å². The molecule has 1 atom stereocenters. The van der Waals surface area contributed by atoms with E-state index in [1.165, 1.54) is 38.6 Å². The molecule has 8 rings (SSSR count). The fourth-order valence-electron chi connectivity index (χ4n) is 6.28. The Bertz CT molecular complexity index is 2170. The van der Waals surface area contributed by atoms with Gasteiger partial charge in [-0.15, -0.1) is 0 Å². The highest BCUT2D eigenvalue weighted by molar-refractivity contribution is 6.06. The first-order chi connectivity index (χ1) is 20.2. The molecule has 0 spiro atoms. The monoisotopic (exact) mass is 522 g/mol. The zero-order valence-electron chi connectivity index (χ0n) is 22.5. The predicted octanol–water partition coefficient (Wildman–Crippen LogP) is 9.85. The smallest absolute Gasteiger partial charge is 0.0972 e. The van der Waals surface area contributed by atoms with Crippen LogP contribution in [0.5, 0.6) is 0 Å². The summed E-state index contributed by atoms with van der Waals surface area (Å²) in [5, 5.41) is 4.69. The van der Waals surface area contributed by atoms with Crippen molar-refractivity contribution in [1.82, 2.24) is 9.97 Å². The van der Waals surface area contributed by atoms with Crippen molar-refractivity contribution in [3.63, 3.8) is 0 Å². The molecule has 0 saturated heterocycles. The molecule has 192 valence electrons. The quantitative estimate of drug-likeness (QED) is 0.216. The Hall–Kier alpha value is -5.34. The van der Waals surface area contributed by atoms with Gasteiger partial charge >= 0.3 is 0 Å². The summed E-state index contributed by atoms with van der Waals surface area (Å²) in [6.45, 7) is 4.66. The van der Waals surface area contributed by atoms with Gasteiger partial charge in [-0.3, -0.25) is 4.98 Å². The van der Waals surface area contributed by atoms with Gasteiger partial charge in [-0.25, -0.2) is 4.98 Å². The van der Waals surface area contributed by atoms with Gasteiger partial charge in [0.05, 0.1) is 16.7 Å². The maximum absolute atomic E-state index is 5.11. The van der Waals surface area contributed by atoms with Gasteiger partial charge < -0.3 is 0 Å². The summed E-state index contributed by atoms with van der Waals surface area (Å²) in [4.78, 5) is 9.75. The van der Waals surface area contributed by atoms with Crippen LogP contribution in [0.2, 0.25) is 0 Å². The summed E-state index contributed by atoms with van der Waals surface area (Å²) in [5.41, 5.74) is 11.2. The molecule has 2 heterocycles. The summed E-state index contributed by atoms with van der Waals surface area (Å²) >= 11 is 0. The average molecular weight is 523 g/mol. The Kier molecular flexibility index (Phi) is 5.39. The number of rotatable bonds is 3. The largest absolute Gasteiger partial charge is 0.254 e. The van der Waals surface area contributed by atoms with Crippen molar-refractivity contribution in [2.45, 2.75) is 5.92 Å². The molecule has 7 aromatic rings. The summed E-state index contributed by atoms with van der Waals surface area (Å²) < 4.78 is 0. The molecule has 0 amide bonds. The number of nitrogens with zero attached hydrogens (tertiary/aromatic N) is 2. The number of pyridine rings is 2. The number of fused-ring (bicyclic) bond motifs is 6. The second-order valence-electron chi connectivity index (χ2n) is 10.7. The summed E-state index contributed by atoms with van der Waals surface area (Å²) in [6, 6.07) is 45.1. The van der Waals surface area contributed by atoms with Gasteiger partial charge in [-0.1, -0.05) is 122 Å². The molecular formula is C39H26N2. The molecular weight excluding hydrogens is 496 g/mol. The normalized spacial score (nSPS) is 14.8. The van der Waals surface area contributed by atoms with E-state index < -0.39 is 0 Å². The molecule has 1 aliphatic carbocycles. The van der Waals surface area contributed by atoms with E-state index in [1.54, 1.807) is 0 Å². The maximum atomic E-state index is 5.11. The molecule has 2 heteroatoms. The first-order valence-corrected chi connectivity index (χ1v) is 14.0. The second-order valence-corrected chi connectivity index (χ2v) is 10.7. The highest BCUT2D eigenvalue weighted by Gasteiger charge is 2.27. The van der Waals surface area contributed by atoms with Crippen molar-refractivity contribution in [1.29, 1.82) is 0 Å². The number of hydrogen-bond acceptors (Lipinski definition) is 2. The van der Waals surface area contributed by atoms with Gasteiger partial charge in [-0.05, 0) is 62.4 Å². The van der Waals surface area contributed by atoms with Crippen LogP contribution in [0.25, 0.3) is 55.0 Å². The molecule has 0 fully saturated rings. The summed E-state index contributed by atoms with van der Waals surface area (Å²) in [5.74, 6) is 0.0433. The number of allylic oxidation sites excluding steroid dienone is 2. The Morgan fingerprint density at radius 3 is 2.22 bits per heavy atom. The topological polar surface area (TPSA) is 25.8 Å². The fraction of sp³-hybridized carbons (Fsp3) is 0.0256. The minimum atomic E-state index is 0.0433. The summed E-state index contributed by atoms with van der Waals surface area (Å²) in [6.07, 6.45) is 4.24. The molecule has 1 aliphatic rings. The van der Waals surface area contributed by atoms with Crippen LogP contribution in [-0.2, 0) is 0 Å². The minimum Gasteiger partial charge on any atom is -0.254 e. The molecule has 0 aliphatic heterocycles. The van der Waals surface area contributed by atoms with Crippen LogP contribution < -0.4 is 0 Å². The third-order valence-corrected chi connectivity index (χ3v) is 8.31. The van der Waals surface area contributed by atoms with E-state index in [4.69, 9.17) is 4.98 Å². The first kappa shape index (κ1) is 23.5. The highest BCUT2D eigenvalue weighted by Crippen LogP contribution is 2.47. The lowest BCUT2D eigenvalue weighted by molar-refractivity contribution is 1.09. The number of hydrogen-bond donors (Lipinski definition) is 0. The van der Waals surface area contributed by atoms with Crippen LogP contribution in [-0.4, -0.2) is 9.97 Å². The highest BCUT2D eigenvalue weighted by atomic mass is 14.7. The summed E-state index contributed by atoms with van der Waals surface area (Å²) in [7, 11) is 0. The van der Waals surface area contributed by atoms with Crippen LogP contribution in [0.3, 0.4) is 0 Å². The van der Waals surface area contributed by atoms with E-state index in [9.17, 15) is 0 Å². The Morgan fingerprint density at radius 1 is 0.585 bits per heavy atom. The molecule has 0 bridgehead atoms. The predicted molar refractivity (Wildman–Crippen MR) is 172 cm³/mol. The Morgan fingerprint density at radius 2 is 1.32 bits per heavy atom. The third-order valence-electron chi connectivity index (χ3n) is 8.31. The van der Waals surface area contributed by atoms with Crippen LogP contribution in [0.15, 0.2) is 146 Å². The number of aromatic nitrogens is 2. The van der Waals surface area contributed by atoms with E-state index >= 15 is 0 Å². The van der Waals surface area contributed by atoms with Gasteiger partial charge in [0.2, 0.25) is 0 Å². The third kappa shape index (κ3) is 3.88. The lowest BCUT2D eigenvalue weighted by Crippen LogP contribution is -2.09. The van der Waals surface area contributed by atoms with E-state index in [1.807, 2.05) is 12.3 Å². The lowest BCUT2D eigenvalue weighted by atomic mass is 9.74. The SMILES string of the molecule is C=C1c2ccc3ccccc3c2C(c2ccccc2)=CC1c1cccc(-c2ccc3ccc4cccnc4c3n2)c1. The molecule has 41 heavy (non-hydrogen) atoms. The van der Waals surface area contributed by atoms with Crippen molar-refractivity contribution in [2.24, 2.45) is 0 Å². The first-order valence-electron chi connectivity index (χ1n) is 14.0. The lowest BCUT2D eigenvalue weighted by Gasteiger charge is -2.29. The van der Waals surface area contributed by atoms with Crippen molar-refractivity contribution in [3.05, 3.63) is 168 Å². The van der Waals surface area contributed by atoms with E-state index in [2.05, 4.69) is 139 Å². The van der Waals surface area contributed by atoms with Crippen molar-refractivity contribution in [3.8, 4) is 11.3 Å². The second kappa shape index (κ2) is 9.39.